The first-order valence-corrected chi connectivity index (χ1v) is 7.39. The Balaban J connectivity index is 1.73. The second-order valence-electron chi connectivity index (χ2n) is 5.21. The number of halogens is 1. The largest absolute Gasteiger partial charge is 0.368 e. The van der Waals surface area contributed by atoms with E-state index in [9.17, 15) is 10.1 Å². The highest BCUT2D eigenvalue weighted by Crippen LogP contribution is 2.27. The van der Waals surface area contributed by atoms with Crippen molar-refractivity contribution in [3.8, 4) is 0 Å². The van der Waals surface area contributed by atoms with Crippen LogP contribution < -0.4 is 9.80 Å². The average Bonchev–Trinajstić information content (AvgIpc) is 2.90. The summed E-state index contributed by atoms with van der Waals surface area (Å²) in [4.78, 5) is 21.8. The van der Waals surface area contributed by atoms with Gasteiger partial charge in [0.1, 0.15) is 0 Å². The van der Waals surface area contributed by atoms with Crippen LogP contribution in [0.4, 0.5) is 17.3 Å². The van der Waals surface area contributed by atoms with Crippen LogP contribution in [0.5, 0.6) is 0 Å². The molecule has 2 heterocycles. The van der Waals surface area contributed by atoms with Gasteiger partial charge in [-0.1, -0.05) is 17.7 Å². The van der Waals surface area contributed by atoms with E-state index in [4.69, 9.17) is 11.6 Å². The van der Waals surface area contributed by atoms with Crippen LogP contribution in [0.15, 0.2) is 24.3 Å². The van der Waals surface area contributed by atoms with E-state index in [1.165, 1.54) is 0 Å². The van der Waals surface area contributed by atoms with Crippen molar-refractivity contribution < 1.29 is 4.92 Å². The fourth-order valence-corrected chi connectivity index (χ4v) is 2.85. The monoisotopic (exact) mass is 321 g/mol. The van der Waals surface area contributed by atoms with Gasteiger partial charge in [-0.3, -0.25) is 0 Å². The smallest absolute Gasteiger partial charge is 0.365 e. The van der Waals surface area contributed by atoms with Gasteiger partial charge in [0, 0.05) is 43.8 Å². The average molecular weight is 322 g/mol. The van der Waals surface area contributed by atoms with Crippen molar-refractivity contribution in [2.45, 2.75) is 6.92 Å². The molecule has 0 unspecified atom stereocenters. The molecule has 0 saturated carbocycles. The number of aromatic nitrogens is 2. The molecule has 8 heteroatoms. The highest BCUT2D eigenvalue weighted by molar-refractivity contribution is 6.30. The van der Waals surface area contributed by atoms with E-state index in [0.717, 1.165) is 18.8 Å². The van der Waals surface area contributed by atoms with Crippen LogP contribution in [0.3, 0.4) is 0 Å². The fourth-order valence-electron chi connectivity index (χ4n) is 2.66. The summed E-state index contributed by atoms with van der Waals surface area (Å²) in [5.74, 6) is 0.945. The molecular formula is C14H16ClN5O2. The lowest BCUT2D eigenvalue weighted by atomic mass is 10.2. The van der Waals surface area contributed by atoms with Crippen LogP contribution in [-0.4, -0.2) is 41.1 Å². The van der Waals surface area contributed by atoms with E-state index in [2.05, 4.69) is 14.9 Å². The molecule has 0 spiro atoms. The van der Waals surface area contributed by atoms with E-state index in [0.29, 0.717) is 29.8 Å². The maximum atomic E-state index is 11.1. The van der Waals surface area contributed by atoms with E-state index in [1.54, 1.807) is 6.92 Å². The molecule has 1 saturated heterocycles. The molecule has 1 N–H and O–H groups in total. The predicted octanol–water partition coefficient (Wildman–Crippen LogP) is 2.61. The lowest BCUT2D eigenvalue weighted by Gasteiger charge is -2.36. The van der Waals surface area contributed by atoms with Crippen LogP contribution in [0, 0.1) is 17.0 Å². The number of piperazine rings is 1. The molecule has 22 heavy (non-hydrogen) atoms. The molecule has 116 valence electrons. The number of nitrogens with zero attached hydrogens (tertiary/aromatic N) is 4. The van der Waals surface area contributed by atoms with Gasteiger partial charge in [0.05, 0.1) is 0 Å². The molecule has 1 aromatic carbocycles. The third-order valence-corrected chi connectivity index (χ3v) is 3.95. The Bertz CT molecular complexity index is 694. The van der Waals surface area contributed by atoms with Crippen molar-refractivity contribution in [3.05, 3.63) is 45.2 Å². The van der Waals surface area contributed by atoms with Crippen molar-refractivity contribution >= 4 is 28.9 Å². The van der Waals surface area contributed by atoms with E-state index in [-0.39, 0.29) is 5.82 Å². The molecular weight excluding hydrogens is 306 g/mol. The molecule has 7 nitrogen and oxygen atoms in total. The van der Waals surface area contributed by atoms with Crippen LogP contribution >= 0.6 is 11.6 Å². The zero-order valence-corrected chi connectivity index (χ0v) is 12.9. The molecule has 0 radical (unpaired) electrons. The minimum Gasteiger partial charge on any atom is -0.368 e. The lowest BCUT2D eigenvalue weighted by molar-refractivity contribution is -0.388. The molecule has 0 bridgehead atoms. The number of aromatic amines is 1. The minimum atomic E-state index is -0.418. The van der Waals surface area contributed by atoms with Gasteiger partial charge >= 0.3 is 5.82 Å². The van der Waals surface area contributed by atoms with Crippen LogP contribution in [0.25, 0.3) is 0 Å². The van der Waals surface area contributed by atoms with E-state index < -0.39 is 4.92 Å². The Morgan fingerprint density at radius 1 is 1.27 bits per heavy atom. The van der Waals surface area contributed by atoms with Gasteiger partial charge in [0.15, 0.2) is 5.82 Å². The Morgan fingerprint density at radius 2 is 1.95 bits per heavy atom. The lowest BCUT2D eigenvalue weighted by Crippen LogP contribution is -2.46. The summed E-state index contributed by atoms with van der Waals surface area (Å²) in [6.07, 6.45) is 0. The van der Waals surface area contributed by atoms with Gasteiger partial charge < -0.3 is 19.9 Å². The zero-order chi connectivity index (χ0) is 15.7. The first kappa shape index (κ1) is 14.6. The third kappa shape index (κ3) is 2.85. The summed E-state index contributed by atoms with van der Waals surface area (Å²) in [7, 11) is 0. The van der Waals surface area contributed by atoms with Crippen molar-refractivity contribution in [3.63, 3.8) is 0 Å². The molecule has 1 aromatic heterocycles. The summed E-state index contributed by atoms with van der Waals surface area (Å²) >= 11 is 6.02. The van der Waals surface area contributed by atoms with Gasteiger partial charge in [-0.2, -0.15) is 4.98 Å². The van der Waals surface area contributed by atoms with E-state index in [1.807, 2.05) is 29.2 Å². The third-order valence-electron chi connectivity index (χ3n) is 3.72. The predicted molar refractivity (Wildman–Crippen MR) is 85.9 cm³/mol. The van der Waals surface area contributed by atoms with Crippen LogP contribution in [-0.2, 0) is 0 Å². The molecule has 2 aromatic rings. The zero-order valence-electron chi connectivity index (χ0n) is 12.1. The Kier molecular flexibility index (Phi) is 3.89. The van der Waals surface area contributed by atoms with E-state index >= 15 is 0 Å². The number of nitrogens with one attached hydrogen (secondary N) is 1. The summed E-state index contributed by atoms with van der Waals surface area (Å²) in [6, 6.07) is 7.71. The van der Waals surface area contributed by atoms with Crippen LogP contribution in [0.1, 0.15) is 5.82 Å². The minimum absolute atomic E-state index is 0.0336. The number of anilines is 2. The first-order valence-electron chi connectivity index (χ1n) is 7.01. The number of nitro groups is 1. The molecule has 3 rings (SSSR count). The van der Waals surface area contributed by atoms with Gasteiger partial charge in [0.2, 0.25) is 5.82 Å². The Morgan fingerprint density at radius 3 is 2.59 bits per heavy atom. The number of hydrogen-bond donors (Lipinski definition) is 1. The molecule has 1 aliphatic heterocycles. The highest BCUT2D eigenvalue weighted by atomic mass is 35.5. The van der Waals surface area contributed by atoms with Gasteiger partial charge in [0.25, 0.3) is 0 Å². The Labute approximate surface area is 132 Å². The molecule has 0 amide bonds. The standard InChI is InChI=1S/C14H16ClN5O2/c1-10-16-13(14(17-10)20(21)22)19-7-5-18(6-8-19)12-4-2-3-11(15)9-12/h2-4,9H,5-8H2,1H3,(H,16,17). The number of H-pyrrole nitrogens is 1. The summed E-state index contributed by atoms with van der Waals surface area (Å²) in [5.41, 5.74) is 1.07. The number of benzene rings is 1. The summed E-state index contributed by atoms with van der Waals surface area (Å²) < 4.78 is 0. The van der Waals surface area contributed by atoms with Crippen molar-refractivity contribution in [1.29, 1.82) is 0 Å². The topological polar surface area (TPSA) is 78.3 Å². The van der Waals surface area contributed by atoms with Crippen molar-refractivity contribution in [1.82, 2.24) is 9.97 Å². The van der Waals surface area contributed by atoms with Crippen molar-refractivity contribution in [2.24, 2.45) is 0 Å². The molecule has 0 atom stereocenters. The second kappa shape index (κ2) is 5.84. The molecule has 1 fully saturated rings. The van der Waals surface area contributed by atoms with Gasteiger partial charge in [-0.25, -0.2) is 4.98 Å². The summed E-state index contributed by atoms with van der Waals surface area (Å²) in [6.45, 7) is 4.61. The number of imidazole rings is 1. The second-order valence-corrected chi connectivity index (χ2v) is 5.64. The number of rotatable bonds is 3. The Hall–Kier alpha value is -2.28. The van der Waals surface area contributed by atoms with Crippen molar-refractivity contribution in [2.75, 3.05) is 36.0 Å². The quantitative estimate of drug-likeness (QED) is 0.694. The maximum Gasteiger partial charge on any atom is 0.365 e. The molecule has 1 aliphatic rings. The number of hydrogen-bond acceptors (Lipinski definition) is 5. The van der Waals surface area contributed by atoms with Crippen LogP contribution in [0.2, 0.25) is 5.02 Å². The summed E-state index contributed by atoms with van der Waals surface area (Å²) in [5, 5.41) is 11.8. The molecule has 0 aliphatic carbocycles. The normalized spacial score (nSPS) is 15.2. The fraction of sp³-hybridized carbons (Fsp3) is 0.357. The first-order chi connectivity index (χ1) is 10.5. The van der Waals surface area contributed by atoms with Gasteiger partial charge in [-0.05, 0) is 23.1 Å². The maximum absolute atomic E-state index is 11.1. The number of aryl methyl sites for hydroxylation is 1. The SMILES string of the molecule is Cc1nc(N2CCN(c3cccc(Cl)c3)CC2)c([N+](=O)[O-])[nH]1. The van der Waals surface area contributed by atoms with Gasteiger partial charge in [-0.15, -0.1) is 0 Å². The highest BCUT2D eigenvalue weighted by Gasteiger charge is 2.27.